The lowest BCUT2D eigenvalue weighted by atomic mass is 9.55. The van der Waals surface area contributed by atoms with Crippen molar-refractivity contribution >= 4 is 17.5 Å². The maximum atomic E-state index is 13.9. The molecular weight excluding hydrogens is 480 g/mol. The largest absolute Gasteiger partial charge is 0.510 e. The Morgan fingerprint density at radius 2 is 1.78 bits per heavy atom. The maximum absolute atomic E-state index is 13.9. The minimum atomic E-state index is -2.91. The maximum Gasteiger partial charge on any atom is 0.255 e. The minimum Gasteiger partial charge on any atom is -0.510 e. The lowest BCUT2D eigenvalue weighted by Gasteiger charge is -2.53. The third-order valence-corrected chi connectivity index (χ3v) is 8.57. The molecule has 0 fully saturated rings. The molecule has 0 aromatic heterocycles. The van der Waals surface area contributed by atoms with Gasteiger partial charge in [0.25, 0.3) is 5.91 Å². The average molecular weight is 511 g/mol. The molecule has 0 aliphatic heterocycles. The molecule has 7 N–H and O–H groups in total. The first-order valence-electron chi connectivity index (χ1n) is 12.2. The van der Waals surface area contributed by atoms with Gasteiger partial charge in [-0.15, -0.1) is 0 Å². The molecule has 10 nitrogen and oxygen atoms in total. The van der Waals surface area contributed by atoms with Crippen molar-refractivity contribution in [1.82, 2.24) is 4.90 Å². The van der Waals surface area contributed by atoms with E-state index in [-0.39, 0.29) is 17.2 Å². The SMILES string of the molecule is C[C@H]1c2ccc(C3C=CCC3)c(O)c2C(=O)C2=C(O)[C@]3(O)C(=O)C(C(N)=O)=C(O)[C@@H](N(C)C)[C@@H]3[C@@H](O)C21. The number of aliphatic hydroxyl groups excluding tert-OH is 3. The Morgan fingerprint density at radius 3 is 2.35 bits per heavy atom. The van der Waals surface area contributed by atoms with Crippen LogP contribution in [0.3, 0.4) is 0 Å². The number of aromatic hydroxyl groups is 1. The quantitative estimate of drug-likeness (QED) is 0.256. The van der Waals surface area contributed by atoms with E-state index < -0.39 is 75.6 Å². The third kappa shape index (κ3) is 3.12. The Balaban J connectivity index is 1.76. The number of phenolic OH excluding ortho intramolecular Hbond substituents is 1. The summed E-state index contributed by atoms with van der Waals surface area (Å²) in [5.41, 5.74) is 2.06. The van der Waals surface area contributed by atoms with Gasteiger partial charge in [0.15, 0.2) is 11.4 Å². The fourth-order valence-corrected chi connectivity index (χ4v) is 6.83. The fraction of sp³-hybridized carbons (Fsp3) is 0.444. The lowest BCUT2D eigenvalue weighted by molar-refractivity contribution is -0.162. The topological polar surface area (TPSA) is 182 Å². The number of Topliss-reactive ketones (excluding diaryl/α,β-unsaturated/α-hetero) is 2. The number of hydrogen-bond acceptors (Lipinski definition) is 9. The highest BCUT2D eigenvalue weighted by atomic mass is 16.4. The summed E-state index contributed by atoms with van der Waals surface area (Å²) in [5, 5.41) is 56.8. The molecule has 196 valence electrons. The van der Waals surface area contributed by atoms with E-state index >= 15 is 0 Å². The number of aliphatic hydroxyl groups is 4. The van der Waals surface area contributed by atoms with E-state index in [2.05, 4.69) is 0 Å². The zero-order valence-electron chi connectivity index (χ0n) is 20.7. The van der Waals surface area contributed by atoms with Gasteiger partial charge in [-0.2, -0.15) is 0 Å². The number of carbonyl (C=O) groups is 3. The van der Waals surface area contributed by atoms with E-state index in [1.807, 2.05) is 12.2 Å². The van der Waals surface area contributed by atoms with Crippen molar-refractivity contribution in [3.05, 3.63) is 63.6 Å². The number of primary amides is 1. The van der Waals surface area contributed by atoms with Crippen LogP contribution < -0.4 is 5.73 Å². The normalized spacial score (nSPS) is 35.1. The number of phenols is 1. The van der Waals surface area contributed by atoms with Crippen molar-refractivity contribution in [3.8, 4) is 5.75 Å². The van der Waals surface area contributed by atoms with Gasteiger partial charge in [-0.05, 0) is 38.4 Å². The van der Waals surface area contributed by atoms with Crippen molar-refractivity contribution in [1.29, 1.82) is 0 Å². The van der Waals surface area contributed by atoms with Crippen molar-refractivity contribution in [3.63, 3.8) is 0 Å². The summed E-state index contributed by atoms with van der Waals surface area (Å²) in [6.07, 6.45) is 3.93. The second-order valence-electron chi connectivity index (χ2n) is 10.6. The fourth-order valence-electron chi connectivity index (χ4n) is 6.83. The number of hydrogen-bond donors (Lipinski definition) is 6. The van der Waals surface area contributed by atoms with Gasteiger partial charge in [0.05, 0.1) is 23.6 Å². The Morgan fingerprint density at radius 1 is 1.14 bits per heavy atom. The van der Waals surface area contributed by atoms with Crippen LogP contribution >= 0.6 is 0 Å². The highest BCUT2D eigenvalue weighted by Crippen LogP contribution is 2.56. The van der Waals surface area contributed by atoms with Gasteiger partial charge in [0, 0.05) is 23.0 Å². The summed E-state index contributed by atoms with van der Waals surface area (Å²) in [4.78, 5) is 40.8. The number of benzene rings is 1. The number of allylic oxidation sites excluding steroid dienone is 2. The van der Waals surface area contributed by atoms with Crippen molar-refractivity contribution < 1.29 is 39.9 Å². The molecule has 1 aromatic rings. The summed E-state index contributed by atoms with van der Waals surface area (Å²) in [6, 6.07) is 2.19. The molecule has 1 amide bonds. The van der Waals surface area contributed by atoms with E-state index in [1.54, 1.807) is 19.1 Å². The molecule has 0 saturated heterocycles. The summed E-state index contributed by atoms with van der Waals surface area (Å²) >= 11 is 0. The van der Waals surface area contributed by atoms with E-state index in [0.717, 1.165) is 12.8 Å². The van der Waals surface area contributed by atoms with Gasteiger partial charge in [-0.1, -0.05) is 31.2 Å². The van der Waals surface area contributed by atoms with Gasteiger partial charge in [0.2, 0.25) is 5.78 Å². The molecule has 0 heterocycles. The third-order valence-electron chi connectivity index (χ3n) is 8.57. The number of rotatable bonds is 3. The summed E-state index contributed by atoms with van der Waals surface area (Å²) in [6.45, 7) is 1.71. The van der Waals surface area contributed by atoms with Crippen LogP contribution in [0.4, 0.5) is 0 Å². The van der Waals surface area contributed by atoms with Crippen LogP contribution in [0.15, 0.2) is 46.9 Å². The Kier molecular flexibility index (Phi) is 5.63. The van der Waals surface area contributed by atoms with Crippen LogP contribution in [0.5, 0.6) is 5.75 Å². The zero-order chi connectivity index (χ0) is 27.1. The highest BCUT2D eigenvalue weighted by Gasteiger charge is 2.67. The Hall–Kier alpha value is -3.47. The van der Waals surface area contributed by atoms with Crippen molar-refractivity contribution in [2.24, 2.45) is 17.6 Å². The molecule has 0 radical (unpaired) electrons. The second kappa shape index (κ2) is 8.27. The highest BCUT2D eigenvalue weighted by molar-refractivity contribution is 6.25. The van der Waals surface area contributed by atoms with Crippen LogP contribution in [-0.4, -0.2) is 79.7 Å². The predicted molar refractivity (Wildman–Crippen MR) is 131 cm³/mol. The van der Waals surface area contributed by atoms with Gasteiger partial charge in [-0.25, -0.2) is 0 Å². The summed E-state index contributed by atoms with van der Waals surface area (Å²) in [7, 11) is 3.00. The molecule has 0 saturated carbocycles. The van der Waals surface area contributed by atoms with E-state index in [1.165, 1.54) is 19.0 Å². The Bertz CT molecular complexity index is 1340. The van der Waals surface area contributed by atoms with E-state index in [0.29, 0.717) is 11.1 Å². The standard InChI is InChI=1S/C27H30N2O8/c1-10-12-8-9-13(11-6-4-5-7-11)20(30)15(12)21(31)16-14(10)22(32)18-19(29(2)3)23(33)17(26(28)36)25(35)27(18,37)24(16)34/h4,6,8-11,14,18-19,22,30,32-34,37H,5,7H2,1-3H3,(H2,28,36)/t10-,11?,14?,18+,19-,22-,27-/m0/s1. The summed E-state index contributed by atoms with van der Waals surface area (Å²) < 4.78 is 0. The van der Waals surface area contributed by atoms with Crippen LogP contribution in [0.2, 0.25) is 0 Å². The number of nitrogens with two attached hydrogens (primary N) is 1. The first-order chi connectivity index (χ1) is 17.3. The summed E-state index contributed by atoms with van der Waals surface area (Å²) in [5.74, 6) is -8.84. The van der Waals surface area contributed by atoms with Crippen molar-refractivity contribution in [2.75, 3.05) is 14.1 Å². The predicted octanol–water partition coefficient (Wildman–Crippen LogP) is 1.09. The number of nitrogens with zero attached hydrogens (tertiary/aromatic N) is 1. The van der Waals surface area contributed by atoms with Gasteiger partial charge < -0.3 is 31.3 Å². The van der Waals surface area contributed by atoms with Gasteiger partial charge in [0.1, 0.15) is 22.8 Å². The molecule has 1 aromatic carbocycles. The first kappa shape index (κ1) is 25.2. The van der Waals surface area contributed by atoms with Crippen molar-refractivity contribution in [2.45, 2.75) is 49.3 Å². The average Bonchev–Trinajstić information content (AvgIpc) is 3.35. The number of likely N-dealkylation sites (N-methyl/N-ethyl adjacent to an activating group) is 1. The van der Waals surface area contributed by atoms with E-state index in [9.17, 15) is 39.9 Å². The van der Waals surface area contributed by atoms with E-state index in [4.69, 9.17) is 5.73 Å². The molecule has 5 rings (SSSR count). The molecule has 4 aliphatic carbocycles. The molecular formula is C27H30N2O8. The number of ketones is 2. The monoisotopic (exact) mass is 510 g/mol. The number of carbonyl (C=O) groups excluding carboxylic acids is 3. The second-order valence-corrected chi connectivity index (χ2v) is 10.6. The molecule has 4 aliphatic rings. The first-order valence-corrected chi connectivity index (χ1v) is 12.2. The van der Waals surface area contributed by atoms with Crippen LogP contribution in [-0.2, 0) is 9.59 Å². The smallest absolute Gasteiger partial charge is 0.255 e. The van der Waals surface area contributed by atoms with Crippen LogP contribution in [0.1, 0.15) is 53.1 Å². The molecule has 0 spiro atoms. The molecule has 37 heavy (non-hydrogen) atoms. The minimum absolute atomic E-state index is 0.0571. The molecule has 7 atom stereocenters. The van der Waals surface area contributed by atoms with Crippen LogP contribution in [0, 0.1) is 11.8 Å². The van der Waals surface area contributed by atoms with Crippen LogP contribution in [0.25, 0.3) is 0 Å². The number of fused-ring (bicyclic) bond motifs is 3. The zero-order valence-corrected chi connectivity index (χ0v) is 20.7. The Labute approximate surface area is 213 Å². The molecule has 0 bridgehead atoms. The number of amides is 1. The molecule has 2 unspecified atom stereocenters. The molecule has 10 heteroatoms. The van der Waals surface area contributed by atoms with Gasteiger partial charge in [-0.3, -0.25) is 19.3 Å². The van der Waals surface area contributed by atoms with Gasteiger partial charge >= 0.3 is 0 Å². The lowest BCUT2D eigenvalue weighted by Crippen LogP contribution is -2.68.